The first-order valence-electron chi connectivity index (χ1n) is 7.30. The standard InChI is InChI=1S/C16H12Cl3N3O2/c17-7-1-4-11(21-5-7)22(16(20)23)14-8-6-24-15-10(19)3-2-9(18)13(15)12(8)14/h1-5,8,12,14H,6H2,(H2,20,23)/t8-,12-,14?/m0/s1. The van der Waals surface area contributed by atoms with Crippen LogP contribution in [0.3, 0.4) is 0 Å². The average molecular weight is 385 g/mol. The number of carbonyl (C=O) groups excluding carboxylic acids is 1. The van der Waals surface area contributed by atoms with Crippen LogP contribution in [0.2, 0.25) is 15.1 Å². The van der Waals surface area contributed by atoms with Gasteiger partial charge in [-0.1, -0.05) is 34.8 Å². The number of urea groups is 1. The summed E-state index contributed by atoms with van der Waals surface area (Å²) in [7, 11) is 0. The predicted molar refractivity (Wildman–Crippen MR) is 93.3 cm³/mol. The van der Waals surface area contributed by atoms with Crippen LogP contribution in [0.15, 0.2) is 30.5 Å². The summed E-state index contributed by atoms with van der Waals surface area (Å²) in [5, 5.41) is 1.56. The Balaban J connectivity index is 1.74. The van der Waals surface area contributed by atoms with Crippen LogP contribution < -0.4 is 15.4 Å². The minimum absolute atomic E-state index is 0.0185. The molecule has 0 saturated heterocycles. The van der Waals surface area contributed by atoms with Crippen LogP contribution >= 0.6 is 34.8 Å². The molecule has 0 bridgehead atoms. The van der Waals surface area contributed by atoms with E-state index >= 15 is 0 Å². The number of pyridine rings is 1. The number of nitrogens with zero attached hydrogens (tertiary/aromatic N) is 2. The van der Waals surface area contributed by atoms with Crippen molar-refractivity contribution < 1.29 is 9.53 Å². The molecule has 3 atom stereocenters. The van der Waals surface area contributed by atoms with Crippen molar-refractivity contribution in [1.29, 1.82) is 0 Å². The number of hydrogen-bond donors (Lipinski definition) is 1. The molecule has 2 amide bonds. The van der Waals surface area contributed by atoms with Crippen molar-refractivity contribution in [2.45, 2.75) is 12.0 Å². The summed E-state index contributed by atoms with van der Waals surface area (Å²) in [6.45, 7) is 0.444. The molecule has 2 aliphatic rings. The van der Waals surface area contributed by atoms with Gasteiger partial charge in [0.2, 0.25) is 0 Å². The van der Waals surface area contributed by atoms with E-state index < -0.39 is 6.03 Å². The van der Waals surface area contributed by atoms with Gasteiger partial charge in [-0.25, -0.2) is 9.78 Å². The first-order chi connectivity index (χ1) is 11.5. The number of benzene rings is 1. The molecule has 2 N–H and O–H groups in total. The highest BCUT2D eigenvalue weighted by Crippen LogP contribution is 2.60. The van der Waals surface area contributed by atoms with Crippen LogP contribution in [0.1, 0.15) is 11.5 Å². The van der Waals surface area contributed by atoms with E-state index in [4.69, 9.17) is 45.3 Å². The minimum atomic E-state index is -0.580. The van der Waals surface area contributed by atoms with Crippen molar-refractivity contribution in [3.8, 4) is 5.75 Å². The molecule has 0 spiro atoms. The fraction of sp³-hybridized carbons (Fsp3) is 0.250. The Bertz CT molecular complexity index is 828. The summed E-state index contributed by atoms with van der Waals surface area (Å²) >= 11 is 18.4. The quantitative estimate of drug-likeness (QED) is 0.847. The third-order valence-corrected chi connectivity index (χ3v) is 5.32. The number of ether oxygens (including phenoxy) is 1. The molecule has 0 radical (unpaired) electrons. The number of nitrogens with two attached hydrogens (primary N) is 1. The molecular weight excluding hydrogens is 373 g/mol. The van der Waals surface area contributed by atoms with Gasteiger partial charge in [0.15, 0.2) is 0 Å². The van der Waals surface area contributed by atoms with Gasteiger partial charge in [-0.2, -0.15) is 0 Å². The van der Waals surface area contributed by atoms with E-state index in [-0.39, 0.29) is 17.9 Å². The monoisotopic (exact) mass is 383 g/mol. The Hall–Kier alpha value is -1.69. The van der Waals surface area contributed by atoms with Crippen molar-refractivity contribution in [3.63, 3.8) is 0 Å². The zero-order valence-electron chi connectivity index (χ0n) is 12.2. The smallest absolute Gasteiger partial charge is 0.320 e. The van der Waals surface area contributed by atoms with Crippen LogP contribution in [-0.4, -0.2) is 23.7 Å². The second-order valence-corrected chi connectivity index (χ2v) is 7.06. The van der Waals surface area contributed by atoms with Gasteiger partial charge in [0.05, 0.1) is 22.7 Å². The highest BCUT2D eigenvalue weighted by atomic mass is 35.5. The van der Waals surface area contributed by atoms with Gasteiger partial charge < -0.3 is 10.5 Å². The zero-order chi connectivity index (χ0) is 17.0. The van der Waals surface area contributed by atoms with Crippen molar-refractivity contribution in [2.24, 2.45) is 11.7 Å². The number of aromatic nitrogens is 1. The van der Waals surface area contributed by atoms with E-state index in [9.17, 15) is 4.79 Å². The SMILES string of the molecule is NC(=O)N(c1ccc(Cl)cn1)C1[C@H]2COc3c(Cl)ccc(Cl)c3[C@@H]12. The first-order valence-corrected chi connectivity index (χ1v) is 8.43. The molecule has 5 nitrogen and oxygen atoms in total. The molecule has 24 heavy (non-hydrogen) atoms. The van der Waals surface area contributed by atoms with Gasteiger partial charge in [0.25, 0.3) is 0 Å². The number of amides is 2. The molecule has 1 saturated carbocycles. The fourth-order valence-electron chi connectivity index (χ4n) is 3.40. The van der Waals surface area contributed by atoms with Crippen LogP contribution in [0.25, 0.3) is 0 Å². The highest BCUT2D eigenvalue weighted by molar-refractivity contribution is 6.35. The summed E-state index contributed by atoms with van der Waals surface area (Å²) in [6.07, 6.45) is 1.48. The van der Waals surface area contributed by atoms with Gasteiger partial charge in [0, 0.05) is 28.6 Å². The Morgan fingerprint density at radius 1 is 1.21 bits per heavy atom. The summed E-state index contributed by atoms with van der Waals surface area (Å²) in [4.78, 5) is 17.7. The maximum absolute atomic E-state index is 12.0. The molecule has 8 heteroatoms. The van der Waals surface area contributed by atoms with Crippen LogP contribution in [-0.2, 0) is 0 Å². The summed E-state index contributed by atoms with van der Waals surface area (Å²) in [6, 6.07) is 6.02. The van der Waals surface area contributed by atoms with Gasteiger partial charge >= 0.3 is 6.03 Å². The van der Waals surface area contributed by atoms with Gasteiger partial charge in [-0.3, -0.25) is 4.90 Å². The highest BCUT2D eigenvalue weighted by Gasteiger charge is 2.60. The number of fused-ring (bicyclic) bond motifs is 3. The maximum atomic E-state index is 12.0. The first kappa shape index (κ1) is 15.8. The number of primary amides is 1. The van der Waals surface area contributed by atoms with Crippen LogP contribution in [0, 0.1) is 5.92 Å². The number of carbonyl (C=O) groups is 1. The Morgan fingerprint density at radius 3 is 2.62 bits per heavy atom. The van der Waals surface area contributed by atoms with Crippen molar-refractivity contribution in [3.05, 3.63) is 51.1 Å². The predicted octanol–water partition coefficient (Wildman–Crippen LogP) is 4.10. The summed E-state index contributed by atoms with van der Waals surface area (Å²) < 4.78 is 5.77. The molecule has 1 aliphatic carbocycles. The molecule has 1 aromatic carbocycles. The third-order valence-electron chi connectivity index (χ3n) is 4.47. The van der Waals surface area contributed by atoms with Crippen molar-refractivity contribution in [1.82, 2.24) is 4.98 Å². The summed E-state index contributed by atoms with van der Waals surface area (Å²) in [5.74, 6) is 1.15. The van der Waals surface area contributed by atoms with Crippen molar-refractivity contribution in [2.75, 3.05) is 11.5 Å². The summed E-state index contributed by atoms with van der Waals surface area (Å²) in [5.41, 5.74) is 6.43. The lowest BCUT2D eigenvalue weighted by Crippen LogP contribution is -2.39. The molecule has 2 heterocycles. The number of anilines is 1. The lowest BCUT2D eigenvalue weighted by molar-refractivity contribution is 0.252. The second-order valence-electron chi connectivity index (χ2n) is 5.81. The van der Waals surface area contributed by atoms with E-state index in [1.54, 1.807) is 24.3 Å². The number of rotatable bonds is 2. The van der Waals surface area contributed by atoms with Crippen LogP contribution in [0.4, 0.5) is 10.6 Å². The van der Waals surface area contributed by atoms with Crippen LogP contribution in [0.5, 0.6) is 5.75 Å². The van der Waals surface area contributed by atoms with E-state index in [1.165, 1.54) is 11.1 Å². The Morgan fingerprint density at radius 2 is 1.96 bits per heavy atom. The Kier molecular flexibility index (Phi) is 3.75. The molecule has 124 valence electrons. The normalized spacial score (nSPS) is 23.7. The number of halogens is 3. The lowest BCUT2D eigenvalue weighted by Gasteiger charge is -2.20. The molecule has 2 aromatic rings. The van der Waals surface area contributed by atoms with Crippen molar-refractivity contribution >= 4 is 46.7 Å². The fourth-order valence-corrected chi connectivity index (χ4v) is 4.01. The molecule has 1 aromatic heterocycles. The third kappa shape index (κ3) is 2.39. The van der Waals surface area contributed by atoms with E-state index in [2.05, 4.69) is 4.98 Å². The topological polar surface area (TPSA) is 68.5 Å². The molecule has 4 rings (SSSR count). The zero-order valence-corrected chi connectivity index (χ0v) is 14.5. The Labute approximate surface area is 153 Å². The lowest BCUT2D eigenvalue weighted by atomic mass is 10.1. The van der Waals surface area contributed by atoms with Gasteiger partial charge in [0.1, 0.15) is 11.6 Å². The maximum Gasteiger partial charge on any atom is 0.320 e. The molecule has 1 unspecified atom stereocenters. The minimum Gasteiger partial charge on any atom is -0.491 e. The van der Waals surface area contributed by atoms with Gasteiger partial charge in [-0.05, 0) is 24.3 Å². The average Bonchev–Trinajstić information content (AvgIpc) is 3.26. The second kappa shape index (κ2) is 5.69. The largest absolute Gasteiger partial charge is 0.491 e. The molecule has 1 fully saturated rings. The van der Waals surface area contributed by atoms with E-state index in [0.29, 0.717) is 33.2 Å². The molecular formula is C16H12Cl3N3O2. The van der Waals surface area contributed by atoms with Gasteiger partial charge in [-0.15, -0.1) is 0 Å². The molecule has 1 aliphatic heterocycles. The van der Waals surface area contributed by atoms with E-state index in [0.717, 1.165) is 5.56 Å². The number of hydrogen-bond acceptors (Lipinski definition) is 3. The van der Waals surface area contributed by atoms with E-state index in [1.807, 2.05) is 0 Å².